The Kier molecular flexibility index (Phi) is 6.60. The fourth-order valence-corrected chi connectivity index (χ4v) is 2.04. The van der Waals surface area contributed by atoms with Crippen LogP contribution in [0.4, 0.5) is 10.5 Å². The molecule has 3 amide bonds. The number of amides is 3. The fraction of sp³-hybridized carbons (Fsp3) is 0.471. The van der Waals surface area contributed by atoms with Crippen LogP contribution >= 0.6 is 0 Å². The van der Waals surface area contributed by atoms with Crippen molar-refractivity contribution in [3.63, 3.8) is 0 Å². The van der Waals surface area contributed by atoms with E-state index in [-0.39, 0.29) is 6.04 Å². The van der Waals surface area contributed by atoms with E-state index in [4.69, 9.17) is 4.74 Å². The number of carbonyl (C=O) groups is 3. The van der Waals surface area contributed by atoms with Crippen LogP contribution in [0.25, 0.3) is 0 Å². The van der Waals surface area contributed by atoms with E-state index in [1.54, 1.807) is 18.2 Å². The summed E-state index contributed by atoms with van der Waals surface area (Å²) < 4.78 is 4.99. The average molecular weight is 333 g/mol. The van der Waals surface area contributed by atoms with Crippen LogP contribution < -0.4 is 16.0 Å². The first kappa shape index (κ1) is 17.8. The molecular formula is C17H23N3O4. The van der Waals surface area contributed by atoms with Crippen LogP contribution in [0.1, 0.15) is 43.0 Å². The molecule has 1 aromatic rings. The molecule has 2 rings (SSSR count). The third kappa shape index (κ3) is 5.91. The molecule has 1 aliphatic carbocycles. The van der Waals surface area contributed by atoms with Crippen LogP contribution in [0.5, 0.6) is 0 Å². The van der Waals surface area contributed by atoms with Gasteiger partial charge in [0, 0.05) is 18.3 Å². The van der Waals surface area contributed by atoms with Crippen LogP contribution in [0, 0.1) is 0 Å². The summed E-state index contributed by atoms with van der Waals surface area (Å²) >= 11 is 0. The van der Waals surface area contributed by atoms with E-state index in [2.05, 4.69) is 22.9 Å². The Bertz CT molecular complexity index is 599. The smallest absolute Gasteiger partial charge is 0.340 e. The normalized spacial score (nSPS) is 13.0. The maximum absolute atomic E-state index is 12.1. The van der Waals surface area contributed by atoms with Crippen molar-refractivity contribution >= 4 is 23.6 Å². The van der Waals surface area contributed by atoms with Gasteiger partial charge in [-0.2, -0.15) is 0 Å². The van der Waals surface area contributed by atoms with E-state index in [9.17, 15) is 14.4 Å². The number of carbonyl (C=O) groups excluding carboxylic acids is 3. The SMILES string of the molecule is CCCCNc1ccccc1C(=O)OCC(=O)NC(=O)NC1CC1. The lowest BCUT2D eigenvalue weighted by molar-refractivity contribution is -0.123. The van der Waals surface area contributed by atoms with Crippen molar-refractivity contribution < 1.29 is 19.1 Å². The predicted molar refractivity (Wildman–Crippen MR) is 89.8 cm³/mol. The molecule has 0 spiro atoms. The summed E-state index contributed by atoms with van der Waals surface area (Å²) in [6, 6.07) is 6.57. The summed E-state index contributed by atoms with van der Waals surface area (Å²) in [6.45, 7) is 2.34. The number of hydrogen-bond acceptors (Lipinski definition) is 5. The molecule has 1 fully saturated rings. The first-order valence-corrected chi connectivity index (χ1v) is 8.20. The lowest BCUT2D eigenvalue weighted by atomic mass is 10.1. The van der Waals surface area contributed by atoms with Crippen LogP contribution in [-0.2, 0) is 9.53 Å². The van der Waals surface area contributed by atoms with E-state index >= 15 is 0 Å². The largest absolute Gasteiger partial charge is 0.452 e. The molecule has 1 aromatic carbocycles. The number of urea groups is 1. The molecule has 3 N–H and O–H groups in total. The first-order chi connectivity index (χ1) is 11.6. The number of esters is 1. The third-order valence-corrected chi connectivity index (χ3v) is 3.49. The average Bonchev–Trinajstić information content (AvgIpc) is 3.37. The Morgan fingerprint density at radius 3 is 2.67 bits per heavy atom. The molecule has 24 heavy (non-hydrogen) atoms. The van der Waals surface area contributed by atoms with Crippen LogP contribution in [0.3, 0.4) is 0 Å². The quantitative estimate of drug-likeness (QED) is 0.500. The predicted octanol–water partition coefficient (Wildman–Crippen LogP) is 2.04. The van der Waals surface area contributed by atoms with E-state index in [1.807, 2.05) is 6.07 Å². The molecule has 1 saturated carbocycles. The van der Waals surface area contributed by atoms with Crippen molar-refractivity contribution in [2.24, 2.45) is 0 Å². The minimum absolute atomic E-state index is 0.154. The Balaban J connectivity index is 1.80. The van der Waals surface area contributed by atoms with Gasteiger partial charge >= 0.3 is 12.0 Å². The number of ether oxygens (including phenoxy) is 1. The van der Waals surface area contributed by atoms with E-state index in [0.717, 1.165) is 32.2 Å². The molecule has 0 bridgehead atoms. The maximum atomic E-state index is 12.1. The zero-order valence-electron chi connectivity index (χ0n) is 13.8. The Labute approximate surface area is 141 Å². The number of para-hydroxylation sites is 1. The molecule has 0 unspecified atom stereocenters. The second-order valence-corrected chi connectivity index (χ2v) is 5.70. The van der Waals surface area contributed by atoms with Gasteiger partial charge in [0.2, 0.25) is 0 Å². The molecule has 130 valence electrons. The molecule has 0 radical (unpaired) electrons. The van der Waals surface area contributed by atoms with Gasteiger partial charge in [-0.25, -0.2) is 9.59 Å². The van der Waals surface area contributed by atoms with Gasteiger partial charge in [0.05, 0.1) is 5.56 Å². The van der Waals surface area contributed by atoms with Crippen molar-refractivity contribution in [2.75, 3.05) is 18.5 Å². The number of imide groups is 1. The highest BCUT2D eigenvalue weighted by molar-refractivity contribution is 5.99. The number of unbranched alkanes of at least 4 members (excludes halogenated alkanes) is 1. The third-order valence-electron chi connectivity index (χ3n) is 3.49. The van der Waals surface area contributed by atoms with Crippen LogP contribution in [-0.4, -0.2) is 37.1 Å². The zero-order chi connectivity index (χ0) is 17.4. The van der Waals surface area contributed by atoms with Crippen molar-refractivity contribution in [3.8, 4) is 0 Å². The van der Waals surface area contributed by atoms with Crippen LogP contribution in [0.15, 0.2) is 24.3 Å². The summed E-state index contributed by atoms with van der Waals surface area (Å²) in [5.41, 5.74) is 1.03. The van der Waals surface area contributed by atoms with Gasteiger partial charge in [-0.1, -0.05) is 25.5 Å². The summed E-state index contributed by atoms with van der Waals surface area (Å²) in [5, 5.41) is 7.93. The number of hydrogen-bond donors (Lipinski definition) is 3. The summed E-state index contributed by atoms with van der Waals surface area (Å²) in [5.74, 6) is -1.26. The molecule has 0 heterocycles. The summed E-state index contributed by atoms with van der Waals surface area (Å²) in [4.78, 5) is 35.2. The molecule has 0 aliphatic heterocycles. The summed E-state index contributed by atoms with van der Waals surface area (Å²) in [6.07, 6.45) is 3.89. The van der Waals surface area contributed by atoms with E-state index in [1.165, 1.54) is 0 Å². The second kappa shape index (κ2) is 8.90. The highest BCUT2D eigenvalue weighted by Crippen LogP contribution is 2.18. The highest BCUT2D eigenvalue weighted by Gasteiger charge is 2.24. The zero-order valence-corrected chi connectivity index (χ0v) is 13.8. The Morgan fingerprint density at radius 1 is 1.21 bits per heavy atom. The molecule has 7 nitrogen and oxygen atoms in total. The number of anilines is 1. The molecule has 0 saturated heterocycles. The Hall–Kier alpha value is -2.57. The highest BCUT2D eigenvalue weighted by atomic mass is 16.5. The minimum Gasteiger partial charge on any atom is -0.452 e. The van der Waals surface area contributed by atoms with Gasteiger partial charge in [0.25, 0.3) is 5.91 Å². The number of benzene rings is 1. The molecule has 1 aliphatic rings. The van der Waals surface area contributed by atoms with Crippen molar-refractivity contribution in [1.29, 1.82) is 0 Å². The van der Waals surface area contributed by atoms with Gasteiger partial charge in [-0.15, -0.1) is 0 Å². The van der Waals surface area contributed by atoms with Crippen molar-refractivity contribution in [3.05, 3.63) is 29.8 Å². The maximum Gasteiger partial charge on any atom is 0.340 e. The topological polar surface area (TPSA) is 96.5 Å². The number of rotatable bonds is 8. The van der Waals surface area contributed by atoms with Gasteiger partial charge < -0.3 is 15.4 Å². The lowest BCUT2D eigenvalue weighted by Crippen LogP contribution is -2.42. The number of nitrogens with one attached hydrogen (secondary N) is 3. The first-order valence-electron chi connectivity index (χ1n) is 8.20. The molecule has 0 aromatic heterocycles. The second-order valence-electron chi connectivity index (χ2n) is 5.70. The van der Waals surface area contributed by atoms with E-state index < -0.39 is 24.5 Å². The van der Waals surface area contributed by atoms with Crippen molar-refractivity contribution in [1.82, 2.24) is 10.6 Å². The van der Waals surface area contributed by atoms with E-state index in [0.29, 0.717) is 11.3 Å². The monoisotopic (exact) mass is 333 g/mol. The fourth-order valence-electron chi connectivity index (χ4n) is 2.04. The Morgan fingerprint density at radius 2 is 1.96 bits per heavy atom. The molecule has 0 atom stereocenters. The van der Waals surface area contributed by atoms with Crippen molar-refractivity contribution in [2.45, 2.75) is 38.6 Å². The van der Waals surface area contributed by atoms with Gasteiger partial charge in [-0.3, -0.25) is 10.1 Å². The minimum atomic E-state index is -0.655. The van der Waals surface area contributed by atoms with Gasteiger partial charge in [0.1, 0.15) is 0 Å². The summed E-state index contributed by atoms with van der Waals surface area (Å²) in [7, 11) is 0. The van der Waals surface area contributed by atoms with Crippen LogP contribution in [0.2, 0.25) is 0 Å². The van der Waals surface area contributed by atoms with Gasteiger partial charge in [0.15, 0.2) is 6.61 Å². The standard InChI is InChI=1S/C17H23N3O4/c1-2-3-10-18-14-7-5-4-6-13(14)16(22)24-11-15(21)20-17(23)19-12-8-9-12/h4-7,12,18H,2-3,8-11H2,1H3,(H2,19,20,21,23). The molecular weight excluding hydrogens is 310 g/mol. The molecule has 7 heteroatoms. The van der Waals surface area contributed by atoms with Gasteiger partial charge in [-0.05, 0) is 31.4 Å². The lowest BCUT2D eigenvalue weighted by Gasteiger charge is -2.11.